The largest absolute Gasteiger partial charge is 0.494 e. The maximum Gasteiger partial charge on any atom is 0.234 e. The number of ether oxygens (including phenoxy) is 1. The number of nitrogens with one attached hydrogen (secondary N) is 2. The van der Waals surface area contributed by atoms with E-state index in [4.69, 9.17) is 4.74 Å². The fourth-order valence-electron chi connectivity index (χ4n) is 3.25. The normalized spacial score (nSPS) is 11.5. The van der Waals surface area contributed by atoms with Crippen LogP contribution in [-0.4, -0.2) is 23.3 Å². The molecule has 0 unspecified atom stereocenters. The molecule has 0 saturated carbocycles. The molecule has 176 valence electrons. The molecular formula is C27H24N4O2S2. The molecule has 0 aliphatic heterocycles. The zero-order valence-corrected chi connectivity index (χ0v) is 21.0. The first-order valence-corrected chi connectivity index (χ1v) is 12.9. The third kappa shape index (κ3) is 6.41. The number of nitrogens with zero attached hydrogens (tertiary/aromatic N) is 2. The molecule has 0 aliphatic rings. The quantitative estimate of drug-likeness (QED) is 0.249. The van der Waals surface area contributed by atoms with Gasteiger partial charge in [0.25, 0.3) is 0 Å². The Bertz CT molecular complexity index is 1350. The zero-order valence-electron chi connectivity index (χ0n) is 19.4. The second-order valence-electron chi connectivity index (χ2n) is 7.59. The lowest BCUT2D eigenvalue weighted by molar-refractivity contribution is -0.113. The van der Waals surface area contributed by atoms with Crippen molar-refractivity contribution in [2.24, 2.45) is 0 Å². The van der Waals surface area contributed by atoms with Crippen molar-refractivity contribution in [2.75, 3.05) is 23.0 Å². The van der Waals surface area contributed by atoms with E-state index in [0.29, 0.717) is 27.9 Å². The van der Waals surface area contributed by atoms with Crippen LogP contribution in [-0.2, 0) is 4.79 Å². The molecule has 35 heavy (non-hydrogen) atoms. The molecule has 8 heteroatoms. The second kappa shape index (κ2) is 11.6. The monoisotopic (exact) mass is 500 g/mol. The van der Waals surface area contributed by atoms with Gasteiger partial charge in [0.05, 0.1) is 27.6 Å². The van der Waals surface area contributed by atoms with Crippen molar-refractivity contribution in [2.45, 2.75) is 13.8 Å². The molecule has 0 aliphatic carbocycles. The smallest absolute Gasteiger partial charge is 0.234 e. The van der Waals surface area contributed by atoms with E-state index in [1.54, 1.807) is 12.1 Å². The molecule has 0 spiro atoms. The lowest BCUT2D eigenvalue weighted by Crippen LogP contribution is -2.15. The Labute approximate surface area is 212 Å². The van der Waals surface area contributed by atoms with Crippen LogP contribution >= 0.6 is 23.1 Å². The summed E-state index contributed by atoms with van der Waals surface area (Å²) in [5, 5.41) is 17.5. The number of carbonyl (C=O) groups is 1. The number of thioether (sulfide) groups is 1. The number of para-hydroxylation sites is 1. The third-order valence-corrected chi connectivity index (χ3v) is 7.01. The highest BCUT2D eigenvalue weighted by atomic mass is 32.2. The van der Waals surface area contributed by atoms with E-state index >= 15 is 0 Å². The summed E-state index contributed by atoms with van der Waals surface area (Å²) in [7, 11) is 0. The average Bonchev–Trinajstić information content (AvgIpc) is 3.29. The molecule has 1 heterocycles. The van der Waals surface area contributed by atoms with Gasteiger partial charge in [-0.15, -0.1) is 11.3 Å². The molecule has 0 bridgehead atoms. The van der Waals surface area contributed by atoms with Crippen LogP contribution in [0.3, 0.4) is 0 Å². The molecule has 0 fully saturated rings. The van der Waals surface area contributed by atoms with Crippen LogP contribution in [0.25, 0.3) is 15.8 Å². The number of anilines is 2. The number of carbonyl (C=O) groups excluding carboxylic acids is 1. The van der Waals surface area contributed by atoms with Gasteiger partial charge in [-0.2, -0.15) is 5.26 Å². The van der Waals surface area contributed by atoms with E-state index in [-0.39, 0.29) is 11.7 Å². The minimum absolute atomic E-state index is 0.123. The molecule has 2 N–H and O–H groups in total. The van der Waals surface area contributed by atoms with Crippen LogP contribution in [0.4, 0.5) is 11.4 Å². The molecule has 6 nitrogen and oxygen atoms in total. The summed E-state index contributed by atoms with van der Waals surface area (Å²) < 4.78 is 6.45. The van der Waals surface area contributed by atoms with Crippen molar-refractivity contribution in [3.8, 4) is 11.8 Å². The van der Waals surface area contributed by atoms with E-state index < -0.39 is 0 Å². The van der Waals surface area contributed by atoms with E-state index in [2.05, 4.69) is 21.7 Å². The topological polar surface area (TPSA) is 87.0 Å². The number of benzene rings is 3. The maximum absolute atomic E-state index is 12.7. The molecule has 0 radical (unpaired) electrons. The Kier molecular flexibility index (Phi) is 8.03. The van der Waals surface area contributed by atoms with Crippen molar-refractivity contribution in [1.82, 2.24) is 4.98 Å². The highest BCUT2D eigenvalue weighted by Crippen LogP contribution is 2.33. The highest BCUT2D eigenvalue weighted by Gasteiger charge is 2.17. The van der Waals surface area contributed by atoms with E-state index in [0.717, 1.165) is 27.2 Å². The number of allylic oxidation sites excluding steroid dienone is 1. The third-order valence-electron chi connectivity index (χ3n) is 4.95. The molecule has 4 rings (SSSR count). The molecule has 4 aromatic rings. The van der Waals surface area contributed by atoms with Crippen molar-refractivity contribution >= 4 is 56.2 Å². The van der Waals surface area contributed by atoms with E-state index in [1.165, 1.54) is 23.1 Å². The first-order valence-electron chi connectivity index (χ1n) is 11.0. The van der Waals surface area contributed by atoms with Gasteiger partial charge in [-0.1, -0.05) is 41.6 Å². The Balaban J connectivity index is 1.56. The summed E-state index contributed by atoms with van der Waals surface area (Å²) in [6.07, 6.45) is 0. The second-order valence-corrected chi connectivity index (χ2v) is 9.60. The van der Waals surface area contributed by atoms with Crippen molar-refractivity contribution in [1.29, 1.82) is 5.26 Å². The Hall–Kier alpha value is -3.80. The first kappa shape index (κ1) is 24.3. The van der Waals surface area contributed by atoms with Gasteiger partial charge >= 0.3 is 0 Å². The van der Waals surface area contributed by atoms with Crippen LogP contribution in [0, 0.1) is 18.3 Å². The van der Waals surface area contributed by atoms with Crippen molar-refractivity contribution in [3.63, 3.8) is 0 Å². The standard InChI is InChI=1S/C27H24N4O2S2/c1-3-33-21-14-12-19(13-15-21)29-25(32)17-34-26(30-20-10-8-18(2)9-11-20)22(16-28)27-31-23-6-4-5-7-24(23)35-27/h4-15,30H,3,17H2,1-2H3,(H,29,32)/b26-22-. The number of aromatic nitrogens is 1. The van der Waals surface area contributed by atoms with Crippen molar-refractivity contribution in [3.05, 3.63) is 88.4 Å². The van der Waals surface area contributed by atoms with Gasteiger partial charge < -0.3 is 15.4 Å². The Morgan fingerprint density at radius 3 is 2.40 bits per heavy atom. The van der Waals surface area contributed by atoms with Crippen LogP contribution in [0.1, 0.15) is 17.5 Å². The van der Waals surface area contributed by atoms with Crippen LogP contribution < -0.4 is 15.4 Å². The summed E-state index contributed by atoms with van der Waals surface area (Å²) in [5.74, 6) is 0.697. The van der Waals surface area contributed by atoms with Gasteiger partial charge in [0.15, 0.2) is 0 Å². The lowest BCUT2D eigenvalue weighted by Gasteiger charge is -2.13. The van der Waals surface area contributed by atoms with Crippen LogP contribution in [0.2, 0.25) is 0 Å². The minimum atomic E-state index is -0.177. The fourth-order valence-corrected chi connectivity index (χ4v) is 5.11. The number of thiazole rings is 1. The maximum atomic E-state index is 12.7. The Morgan fingerprint density at radius 2 is 1.71 bits per heavy atom. The predicted octanol–water partition coefficient (Wildman–Crippen LogP) is 6.68. The lowest BCUT2D eigenvalue weighted by atomic mass is 10.2. The van der Waals surface area contributed by atoms with E-state index in [9.17, 15) is 10.1 Å². The number of fused-ring (bicyclic) bond motifs is 1. The predicted molar refractivity (Wildman–Crippen MR) is 146 cm³/mol. The number of nitriles is 1. The molecule has 0 saturated heterocycles. The van der Waals surface area contributed by atoms with Gasteiger partial charge in [0, 0.05) is 11.4 Å². The Morgan fingerprint density at radius 1 is 1.03 bits per heavy atom. The van der Waals surface area contributed by atoms with Gasteiger partial charge in [-0.05, 0) is 62.4 Å². The molecule has 3 aromatic carbocycles. The summed E-state index contributed by atoms with van der Waals surface area (Å²) in [6.45, 7) is 4.52. The SMILES string of the molecule is CCOc1ccc(NC(=O)CS/C(Nc2ccc(C)cc2)=C(/C#N)c2nc3ccccc3s2)cc1. The van der Waals surface area contributed by atoms with Gasteiger partial charge in [0.2, 0.25) is 5.91 Å². The van der Waals surface area contributed by atoms with Gasteiger partial charge in [-0.3, -0.25) is 4.79 Å². The zero-order chi connectivity index (χ0) is 24.6. The minimum Gasteiger partial charge on any atom is -0.494 e. The number of hydrogen-bond donors (Lipinski definition) is 2. The summed E-state index contributed by atoms with van der Waals surface area (Å²) >= 11 is 2.73. The van der Waals surface area contributed by atoms with Gasteiger partial charge in [-0.25, -0.2) is 4.98 Å². The number of aryl methyl sites for hydroxylation is 1. The van der Waals surface area contributed by atoms with Gasteiger partial charge in [0.1, 0.15) is 22.4 Å². The first-order chi connectivity index (χ1) is 17.1. The summed E-state index contributed by atoms with van der Waals surface area (Å²) in [5.41, 5.74) is 3.90. The van der Waals surface area contributed by atoms with Crippen LogP contribution in [0.15, 0.2) is 77.8 Å². The summed E-state index contributed by atoms with van der Waals surface area (Å²) in [4.78, 5) is 17.4. The summed E-state index contributed by atoms with van der Waals surface area (Å²) in [6, 6.07) is 25.2. The molecular weight excluding hydrogens is 476 g/mol. The number of hydrogen-bond acceptors (Lipinski definition) is 7. The molecule has 1 amide bonds. The molecule has 0 atom stereocenters. The number of amides is 1. The van der Waals surface area contributed by atoms with Crippen LogP contribution in [0.5, 0.6) is 5.75 Å². The fraction of sp³-hybridized carbons (Fsp3) is 0.148. The van der Waals surface area contributed by atoms with E-state index in [1.807, 2.05) is 74.5 Å². The molecule has 1 aromatic heterocycles. The number of rotatable bonds is 9. The van der Waals surface area contributed by atoms with Crippen molar-refractivity contribution < 1.29 is 9.53 Å². The average molecular weight is 501 g/mol. The highest BCUT2D eigenvalue weighted by molar-refractivity contribution is 8.04.